The van der Waals surface area contributed by atoms with Crippen molar-refractivity contribution in [3.05, 3.63) is 50.8 Å². The Morgan fingerprint density at radius 2 is 2.24 bits per heavy atom. The molecule has 108 valence electrons. The van der Waals surface area contributed by atoms with E-state index in [2.05, 4.69) is 10.3 Å². The van der Waals surface area contributed by atoms with Gasteiger partial charge in [0.05, 0.1) is 10.6 Å². The van der Waals surface area contributed by atoms with Crippen LogP contribution in [0.5, 0.6) is 0 Å². The van der Waals surface area contributed by atoms with Crippen molar-refractivity contribution < 1.29 is 14.1 Å². The molecule has 2 aromatic rings. The molecule has 0 radical (unpaired) electrons. The molecule has 1 amide bonds. The molecular formula is C13H10FN3O3S. The molecule has 0 aliphatic heterocycles. The SMILES string of the molecule is O=C(Nc1nc(C2CC2)cs1)c1cc(F)ccc1[N+](=O)[O-]. The average molecular weight is 307 g/mol. The van der Waals surface area contributed by atoms with Crippen LogP contribution in [0.2, 0.25) is 0 Å². The van der Waals surface area contributed by atoms with E-state index in [-0.39, 0.29) is 5.56 Å². The van der Waals surface area contributed by atoms with Crippen LogP contribution in [0.4, 0.5) is 15.2 Å². The van der Waals surface area contributed by atoms with E-state index in [0.29, 0.717) is 11.0 Å². The second-order valence-electron chi connectivity index (χ2n) is 4.72. The minimum absolute atomic E-state index is 0.317. The Bertz CT molecular complexity index is 727. The van der Waals surface area contributed by atoms with Gasteiger partial charge in [0, 0.05) is 17.4 Å². The lowest BCUT2D eigenvalue weighted by atomic mass is 10.1. The third-order valence-corrected chi connectivity index (χ3v) is 3.91. The summed E-state index contributed by atoms with van der Waals surface area (Å²) in [6.45, 7) is 0. The lowest BCUT2D eigenvalue weighted by Crippen LogP contribution is -2.14. The molecular weight excluding hydrogens is 297 g/mol. The summed E-state index contributed by atoms with van der Waals surface area (Å²) < 4.78 is 13.2. The number of nitro benzene ring substituents is 1. The number of rotatable bonds is 4. The molecule has 0 spiro atoms. The maximum Gasteiger partial charge on any atom is 0.282 e. The predicted molar refractivity (Wildman–Crippen MR) is 75.1 cm³/mol. The normalized spacial score (nSPS) is 14.0. The topological polar surface area (TPSA) is 85.1 Å². The summed E-state index contributed by atoms with van der Waals surface area (Å²) in [6, 6.07) is 2.77. The average Bonchev–Trinajstić information content (AvgIpc) is 3.19. The Hall–Kier alpha value is -2.35. The Kier molecular flexibility index (Phi) is 3.38. The Balaban J connectivity index is 1.83. The third-order valence-electron chi connectivity index (χ3n) is 3.14. The van der Waals surface area contributed by atoms with E-state index in [1.165, 1.54) is 11.3 Å². The van der Waals surface area contributed by atoms with Crippen molar-refractivity contribution in [1.29, 1.82) is 0 Å². The Labute approximate surface area is 122 Å². The van der Waals surface area contributed by atoms with Crippen LogP contribution in [0.3, 0.4) is 0 Å². The number of anilines is 1. The first-order valence-corrected chi connectivity index (χ1v) is 7.13. The highest BCUT2D eigenvalue weighted by Crippen LogP contribution is 2.40. The van der Waals surface area contributed by atoms with Gasteiger partial charge in [-0.25, -0.2) is 9.37 Å². The van der Waals surface area contributed by atoms with Crippen molar-refractivity contribution >= 4 is 28.1 Å². The molecule has 0 unspecified atom stereocenters. The van der Waals surface area contributed by atoms with Crippen molar-refractivity contribution in [3.63, 3.8) is 0 Å². The fraction of sp³-hybridized carbons (Fsp3) is 0.231. The maximum absolute atomic E-state index is 13.2. The quantitative estimate of drug-likeness (QED) is 0.693. The molecule has 1 saturated carbocycles. The van der Waals surface area contributed by atoms with Gasteiger partial charge in [-0.3, -0.25) is 20.2 Å². The molecule has 1 aromatic heterocycles. The van der Waals surface area contributed by atoms with Crippen LogP contribution >= 0.6 is 11.3 Å². The molecule has 1 aromatic carbocycles. The van der Waals surface area contributed by atoms with E-state index in [9.17, 15) is 19.3 Å². The van der Waals surface area contributed by atoms with Gasteiger partial charge in [-0.05, 0) is 25.0 Å². The van der Waals surface area contributed by atoms with Gasteiger partial charge in [0.15, 0.2) is 5.13 Å². The number of nitrogens with one attached hydrogen (secondary N) is 1. The fourth-order valence-electron chi connectivity index (χ4n) is 1.92. The first-order valence-electron chi connectivity index (χ1n) is 6.25. The number of benzene rings is 1. The third kappa shape index (κ3) is 2.89. The number of nitrogens with zero attached hydrogens (tertiary/aromatic N) is 2. The number of thiazole rings is 1. The van der Waals surface area contributed by atoms with Crippen LogP contribution in [-0.2, 0) is 0 Å². The number of aromatic nitrogens is 1. The van der Waals surface area contributed by atoms with Crippen molar-refractivity contribution in [2.45, 2.75) is 18.8 Å². The second kappa shape index (κ2) is 5.21. The van der Waals surface area contributed by atoms with Crippen molar-refractivity contribution in [3.8, 4) is 0 Å². The van der Waals surface area contributed by atoms with E-state index in [1.807, 2.05) is 5.38 Å². The van der Waals surface area contributed by atoms with Gasteiger partial charge < -0.3 is 0 Å². The van der Waals surface area contributed by atoms with Crippen LogP contribution in [0.15, 0.2) is 23.6 Å². The molecule has 8 heteroatoms. The zero-order valence-electron chi connectivity index (χ0n) is 10.7. The molecule has 1 aliphatic carbocycles. The van der Waals surface area contributed by atoms with Crippen molar-refractivity contribution in [2.24, 2.45) is 0 Å². The van der Waals surface area contributed by atoms with Crippen molar-refractivity contribution in [1.82, 2.24) is 4.98 Å². The predicted octanol–water partition coefficient (Wildman–Crippen LogP) is 3.32. The number of halogens is 1. The van der Waals surface area contributed by atoms with Gasteiger partial charge in [-0.15, -0.1) is 11.3 Å². The summed E-state index contributed by atoms with van der Waals surface area (Å²) in [4.78, 5) is 26.5. The van der Waals surface area contributed by atoms with Crippen molar-refractivity contribution in [2.75, 3.05) is 5.32 Å². The molecule has 1 heterocycles. The van der Waals surface area contributed by atoms with Crippen LogP contribution in [0, 0.1) is 15.9 Å². The number of hydrogen-bond acceptors (Lipinski definition) is 5. The summed E-state index contributed by atoms with van der Waals surface area (Å²) in [5, 5.41) is 15.6. The molecule has 3 rings (SSSR count). The fourth-order valence-corrected chi connectivity index (χ4v) is 2.71. The summed E-state index contributed by atoms with van der Waals surface area (Å²) >= 11 is 1.25. The van der Waals surface area contributed by atoms with Crippen LogP contribution in [0.1, 0.15) is 34.8 Å². The highest BCUT2D eigenvalue weighted by molar-refractivity contribution is 7.14. The lowest BCUT2D eigenvalue weighted by molar-refractivity contribution is -0.385. The van der Waals surface area contributed by atoms with Gasteiger partial charge in [-0.2, -0.15) is 0 Å². The summed E-state index contributed by atoms with van der Waals surface area (Å²) in [5.74, 6) is -0.989. The van der Waals surface area contributed by atoms with Gasteiger partial charge in [-0.1, -0.05) is 0 Å². The van der Waals surface area contributed by atoms with Gasteiger partial charge >= 0.3 is 0 Å². The first kappa shape index (κ1) is 13.6. The molecule has 1 N–H and O–H groups in total. The second-order valence-corrected chi connectivity index (χ2v) is 5.58. The van der Waals surface area contributed by atoms with E-state index < -0.39 is 22.3 Å². The van der Waals surface area contributed by atoms with E-state index in [4.69, 9.17) is 0 Å². The minimum atomic E-state index is -0.738. The number of nitro groups is 1. The largest absolute Gasteiger partial charge is 0.298 e. The number of carbonyl (C=O) groups excluding carboxylic acids is 1. The Morgan fingerprint density at radius 1 is 1.48 bits per heavy atom. The van der Waals surface area contributed by atoms with Crippen LogP contribution in [0.25, 0.3) is 0 Å². The highest BCUT2D eigenvalue weighted by atomic mass is 32.1. The molecule has 0 atom stereocenters. The molecule has 21 heavy (non-hydrogen) atoms. The van der Waals surface area contributed by atoms with Gasteiger partial charge in [0.1, 0.15) is 11.4 Å². The standard InChI is InChI=1S/C13H10FN3O3S/c14-8-3-4-11(17(19)20)9(5-8)12(18)16-13-15-10(6-21-13)7-1-2-7/h3-7H,1-2H2,(H,15,16,18). The zero-order valence-corrected chi connectivity index (χ0v) is 11.5. The number of carbonyl (C=O) groups is 1. The minimum Gasteiger partial charge on any atom is -0.298 e. The zero-order chi connectivity index (χ0) is 15.0. The van der Waals surface area contributed by atoms with Gasteiger partial charge in [0.2, 0.25) is 0 Å². The number of hydrogen-bond donors (Lipinski definition) is 1. The smallest absolute Gasteiger partial charge is 0.282 e. The van der Waals surface area contributed by atoms with E-state index in [1.54, 1.807) is 0 Å². The molecule has 1 fully saturated rings. The monoisotopic (exact) mass is 307 g/mol. The molecule has 1 aliphatic rings. The lowest BCUT2D eigenvalue weighted by Gasteiger charge is -2.03. The summed E-state index contributed by atoms with van der Waals surface area (Å²) in [5.41, 5.74) is 0.167. The van der Waals surface area contributed by atoms with Crippen LogP contribution in [-0.4, -0.2) is 15.8 Å². The first-order chi connectivity index (χ1) is 10.0. The Morgan fingerprint density at radius 3 is 2.90 bits per heavy atom. The molecule has 0 saturated heterocycles. The van der Waals surface area contributed by atoms with Crippen LogP contribution < -0.4 is 5.32 Å². The van der Waals surface area contributed by atoms with E-state index >= 15 is 0 Å². The molecule has 0 bridgehead atoms. The summed E-state index contributed by atoms with van der Waals surface area (Å²) in [7, 11) is 0. The van der Waals surface area contributed by atoms with E-state index in [0.717, 1.165) is 36.7 Å². The molecule has 6 nitrogen and oxygen atoms in total. The van der Waals surface area contributed by atoms with Gasteiger partial charge in [0.25, 0.3) is 11.6 Å². The maximum atomic E-state index is 13.2. The highest BCUT2D eigenvalue weighted by Gasteiger charge is 2.27. The summed E-state index contributed by atoms with van der Waals surface area (Å²) in [6.07, 6.45) is 2.18. The number of amides is 1.